The molecule has 0 atom stereocenters. The highest BCUT2D eigenvalue weighted by molar-refractivity contribution is 6.32. The molecule has 17 heavy (non-hydrogen) atoms. The minimum Gasteiger partial charge on any atom is -0.496 e. The van der Waals surface area contributed by atoms with Crippen LogP contribution in [0, 0.1) is 32.1 Å². The second-order valence-corrected chi connectivity index (χ2v) is 5.17. The van der Waals surface area contributed by atoms with E-state index in [-0.39, 0.29) is 5.41 Å². The van der Waals surface area contributed by atoms with Crippen molar-refractivity contribution in [1.82, 2.24) is 0 Å². The third kappa shape index (κ3) is 1.61. The van der Waals surface area contributed by atoms with Crippen LogP contribution in [-0.4, -0.2) is 7.11 Å². The number of nitrogens with zero attached hydrogens (tertiary/aromatic N) is 1. The number of methoxy groups -OCH3 is 1. The van der Waals surface area contributed by atoms with Gasteiger partial charge in [-0.1, -0.05) is 11.6 Å². The Morgan fingerprint density at radius 1 is 1.18 bits per heavy atom. The molecule has 0 spiro atoms. The van der Waals surface area contributed by atoms with Gasteiger partial charge in [0.15, 0.2) is 0 Å². The molecule has 90 valence electrons. The molecule has 1 fully saturated rings. The molecule has 0 saturated heterocycles. The van der Waals surface area contributed by atoms with Gasteiger partial charge in [-0.2, -0.15) is 5.26 Å². The van der Waals surface area contributed by atoms with Crippen molar-refractivity contribution in [2.45, 2.75) is 39.0 Å². The van der Waals surface area contributed by atoms with Crippen molar-refractivity contribution in [1.29, 1.82) is 5.26 Å². The van der Waals surface area contributed by atoms with Crippen molar-refractivity contribution < 1.29 is 4.74 Å². The number of nitriles is 1. The summed E-state index contributed by atoms with van der Waals surface area (Å²) in [5, 5.41) is 10.1. The lowest BCUT2D eigenvalue weighted by Crippen LogP contribution is -2.11. The summed E-state index contributed by atoms with van der Waals surface area (Å²) in [4.78, 5) is 0. The second kappa shape index (κ2) is 3.92. The molecule has 3 heteroatoms. The average molecular weight is 250 g/mol. The van der Waals surface area contributed by atoms with Gasteiger partial charge in [-0.15, -0.1) is 0 Å². The van der Waals surface area contributed by atoms with Crippen LogP contribution in [0.2, 0.25) is 5.02 Å². The van der Waals surface area contributed by atoms with Crippen LogP contribution in [0.4, 0.5) is 0 Å². The molecule has 2 rings (SSSR count). The van der Waals surface area contributed by atoms with E-state index >= 15 is 0 Å². The summed E-state index contributed by atoms with van der Waals surface area (Å²) < 4.78 is 5.51. The van der Waals surface area contributed by atoms with Crippen LogP contribution in [0.3, 0.4) is 0 Å². The molecule has 0 heterocycles. The molecule has 0 N–H and O–H groups in total. The van der Waals surface area contributed by atoms with Crippen molar-refractivity contribution >= 4 is 11.6 Å². The summed E-state index contributed by atoms with van der Waals surface area (Å²) >= 11 is 6.34. The van der Waals surface area contributed by atoms with E-state index in [0.717, 1.165) is 45.9 Å². The molecule has 2 nitrogen and oxygen atoms in total. The SMILES string of the molecule is COc1c(C)c(C)c(Cl)c(C)c1C1(C#N)CC1. The van der Waals surface area contributed by atoms with Gasteiger partial charge < -0.3 is 4.74 Å². The predicted octanol–water partition coefficient (Wildman–Crippen LogP) is 3.83. The van der Waals surface area contributed by atoms with Gasteiger partial charge in [0.25, 0.3) is 0 Å². The molecule has 1 saturated carbocycles. The summed E-state index contributed by atoms with van der Waals surface area (Å²) in [6.45, 7) is 5.96. The lowest BCUT2D eigenvalue weighted by Gasteiger charge is -2.21. The standard InChI is InChI=1S/C14H16ClNO/c1-8-9(2)13(17-4)11(10(3)12(8)15)14(7-16)5-6-14/h5-6H2,1-4H3. The van der Waals surface area contributed by atoms with E-state index in [0.29, 0.717) is 0 Å². The highest BCUT2D eigenvalue weighted by atomic mass is 35.5. The quantitative estimate of drug-likeness (QED) is 0.798. The highest BCUT2D eigenvalue weighted by Crippen LogP contribution is 2.54. The summed E-state index contributed by atoms with van der Waals surface area (Å²) in [5.41, 5.74) is 3.71. The maximum Gasteiger partial charge on any atom is 0.127 e. The Balaban J connectivity index is 2.79. The van der Waals surface area contributed by atoms with Gasteiger partial charge in [0, 0.05) is 10.6 Å². The summed E-state index contributed by atoms with van der Waals surface area (Å²) in [6.07, 6.45) is 1.80. The third-order valence-corrected chi connectivity index (χ3v) is 4.38. The first-order valence-electron chi connectivity index (χ1n) is 5.73. The van der Waals surface area contributed by atoms with Gasteiger partial charge in [-0.3, -0.25) is 0 Å². The number of halogens is 1. The van der Waals surface area contributed by atoms with Gasteiger partial charge in [-0.25, -0.2) is 0 Å². The molecule has 1 aliphatic rings. The molecule has 0 aliphatic heterocycles. The van der Waals surface area contributed by atoms with E-state index in [1.807, 2.05) is 20.8 Å². The summed E-state index contributed by atoms with van der Waals surface area (Å²) in [6, 6.07) is 2.42. The first-order chi connectivity index (χ1) is 7.98. The van der Waals surface area contributed by atoms with Crippen LogP contribution in [-0.2, 0) is 5.41 Å². The maximum absolute atomic E-state index is 9.36. The van der Waals surface area contributed by atoms with Crippen molar-refractivity contribution in [2.24, 2.45) is 0 Å². The van der Waals surface area contributed by atoms with Crippen LogP contribution in [0.1, 0.15) is 35.1 Å². The normalized spacial score (nSPS) is 16.5. The fourth-order valence-electron chi connectivity index (χ4n) is 2.46. The van der Waals surface area contributed by atoms with Crippen LogP contribution >= 0.6 is 11.6 Å². The van der Waals surface area contributed by atoms with E-state index in [1.54, 1.807) is 7.11 Å². The molecule has 0 aromatic heterocycles. The third-order valence-electron chi connectivity index (χ3n) is 3.81. The number of rotatable bonds is 2. The van der Waals surface area contributed by atoms with Gasteiger partial charge in [-0.05, 0) is 50.3 Å². The summed E-state index contributed by atoms with van der Waals surface area (Å²) in [7, 11) is 1.66. The lowest BCUT2D eigenvalue weighted by atomic mass is 9.88. The Labute approximate surface area is 107 Å². The fraction of sp³-hybridized carbons (Fsp3) is 0.500. The number of hydrogen-bond donors (Lipinski definition) is 0. The van der Waals surface area contributed by atoms with Gasteiger partial charge in [0.2, 0.25) is 0 Å². The van der Waals surface area contributed by atoms with Crippen molar-refractivity contribution in [2.75, 3.05) is 7.11 Å². The average Bonchev–Trinajstić information content (AvgIpc) is 3.11. The second-order valence-electron chi connectivity index (χ2n) is 4.79. The molecule has 0 radical (unpaired) electrons. The van der Waals surface area contributed by atoms with Crippen LogP contribution in [0.15, 0.2) is 0 Å². The van der Waals surface area contributed by atoms with Crippen molar-refractivity contribution in [3.63, 3.8) is 0 Å². The fourth-order valence-corrected chi connectivity index (χ4v) is 2.69. The van der Waals surface area contributed by atoms with E-state index in [9.17, 15) is 5.26 Å². The van der Waals surface area contributed by atoms with Crippen molar-refractivity contribution in [3.05, 3.63) is 27.3 Å². The number of benzene rings is 1. The molecule has 0 unspecified atom stereocenters. The van der Waals surface area contributed by atoms with E-state index < -0.39 is 0 Å². The first-order valence-corrected chi connectivity index (χ1v) is 6.11. The molecular formula is C14H16ClNO. The Kier molecular flexibility index (Phi) is 2.83. The van der Waals surface area contributed by atoms with Gasteiger partial charge in [0.1, 0.15) is 5.75 Å². The topological polar surface area (TPSA) is 33.0 Å². The van der Waals surface area contributed by atoms with E-state index in [2.05, 4.69) is 6.07 Å². The molecule has 0 amide bonds. The van der Waals surface area contributed by atoms with Gasteiger partial charge in [0.05, 0.1) is 18.6 Å². The smallest absolute Gasteiger partial charge is 0.127 e. The first kappa shape index (κ1) is 12.3. The molecule has 1 aliphatic carbocycles. The molecule has 1 aromatic rings. The zero-order valence-corrected chi connectivity index (χ0v) is 11.4. The monoisotopic (exact) mass is 249 g/mol. The number of ether oxygens (including phenoxy) is 1. The van der Waals surface area contributed by atoms with E-state index in [4.69, 9.17) is 16.3 Å². The highest BCUT2D eigenvalue weighted by Gasteiger charge is 2.48. The largest absolute Gasteiger partial charge is 0.496 e. The molecule has 0 bridgehead atoms. The predicted molar refractivity (Wildman–Crippen MR) is 68.7 cm³/mol. The van der Waals surface area contributed by atoms with Gasteiger partial charge >= 0.3 is 0 Å². The van der Waals surface area contributed by atoms with Crippen LogP contribution < -0.4 is 4.74 Å². The van der Waals surface area contributed by atoms with Crippen LogP contribution in [0.5, 0.6) is 5.75 Å². The Morgan fingerprint density at radius 2 is 1.76 bits per heavy atom. The summed E-state index contributed by atoms with van der Waals surface area (Å²) in [5.74, 6) is 0.837. The minimum atomic E-state index is -0.364. The Bertz CT molecular complexity index is 524. The Morgan fingerprint density at radius 3 is 2.18 bits per heavy atom. The minimum absolute atomic E-state index is 0.364. The Hall–Kier alpha value is -1.20. The maximum atomic E-state index is 9.36. The zero-order valence-electron chi connectivity index (χ0n) is 10.6. The zero-order chi connectivity index (χ0) is 12.8. The van der Waals surface area contributed by atoms with Crippen LogP contribution in [0.25, 0.3) is 0 Å². The van der Waals surface area contributed by atoms with E-state index in [1.165, 1.54) is 0 Å². The lowest BCUT2D eigenvalue weighted by molar-refractivity contribution is 0.403. The molecule has 1 aromatic carbocycles. The molecular weight excluding hydrogens is 234 g/mol. The number of hydrogen-bond acceptors (Lipinski definition) is 2. The van der Waals surface area contributed by atoms with Crippen molar-refractivity contribution in [3.8, 4) is 11.8 Å².